The van der Waals surface area contributed by atoms with E-state index in [4.69, 9.17) is 0 Å². The van der Waals surface area contributed by atoms with Gasteiger partial charge in [-0.1, -0.05) is 0 Å². The highest BCUT2D eigenvalue weighted by Crippen LogP contribution is 2.30. The van der Waals surface area contributed by atoms with Crippen LogP contribution in [-0.2, 0) is 11.3 Å². The molecule has 1 aromatic heterocycles. The van der Waals surface area contributed by atoms with Gasteiger partial charge in [-0.3, -0.25) is 4.79 Å². The van der Waals surface area contributed by atoms with Crippen LogP contribution in [0.25, 0.3) is 0 Å². The van der Waals surface area contributed by atoms with E-state index in [1.165, 1.54) is 16.9 Å². The minimum Gasteiger partial charge on any atom is -0.358 e. The van der Waals surface area contributed by atoms with Gasteiger partial charge in [0.2, 0.25) is 0 Å². The second kappa shape index (κ2) is 3.21. The first-order valence-corrected chi connectivity index (χ1v) is 4.37. The standard InChI is InChI=1S/C8H9N3O3/c12-7(6-1-2-6)5-10-4-3-8(9-10)11(13)14/h3-4,6H,1-2,5H2. The molecule has 2 rings (SSSR count). The Morgan fingerprint density at radius 1 is 1.71 bits per heavy atom. The largest absolute Gasteiger partial charge is 0.389 e. The predicted molar refractivity (Wildman–Crippen MR) is 46.6 cm³/mol. The van der Waals surface area contributed by atoms with Crippen molar-refractivity contribution in [2.24, 2.45) is 5.92 Å². The molecule has 1 aliphatic carbocycles. The molecule has 6 heteroatoms. The van der Waals surface area contributed by atoms with E-state index < -0.39 is 4.92 Å². The fourth-order valence-corrected chi connectivity index (χ4v) is 1.23. The van der Waals surface area contributed by atoms with Gasteiger partial charge in [-0.05, 0) is 17.8 Å². The number of hydrogen-bond acceptors (Lipinski definition) is 4. The summed E-state index contributed by atoms with van der Waals surface area (Å²) in [4.78, 5) is 21.0. The SMILES string of the molecule is O=C(Cn1ccc([N+](=O)[O-])n1)C1CC1. The van der Waals surface area contributed by atoms with Crippen molar-refractivity contribution >= 4 is 11.6 Å². The second-order valence-corrected chi connectivity index (χ2v) is 3.37. The summed E-state index contributed by atoms with van der Waals surface area (Å²) in [6.07, 6.45) is 3.35. The second-order valence-electron chi connectivity index (χ2n) is 3.37. The maximum Gasteiger partial charge on any atom is 0.389 e. The van der Waals surface area contributed by atoms with Gasteiger partial charge in [0, 0.05) is 5.92 Å². The van der Waals surface area contributed by atoms with Crippen LogP contribution >= 0.6 is 0 Å². The summed E-state index contributed by atoms with van der Waals surface area (Å²) in [5.74, 6) is 0.0647. The van der Waals surface area contributed by atoms with Gasteiger partial charge in [0.1, 0.15) is 6.54 Å². The number of rotatable bonds is 4. The monoisotopic (exact) mass is 195 g/mol. The molecule has 0 atom stereocenters. The molecule has 74 valence electrons. The molecule has 0 amide bonds. The van der Waals surface area contributed by atoms with Crippen molar-refractivity contribution < 1.29 is 9.72 Å². The molecule has 1 aromatic rings. The molecule has 0 aromatic carbocycles. The molecular formula is C8H9N3O3. The third-order valence-corrected chi connectivity index (χ3v) is 2.16. The van der Waals surface area contributed by atoms with E-state index in [1.807, 2.05) is 0 Å². The fraction of sp³-hybridized carbons (Fsp3) is 0.500. The van der Waals surface area contributed by atoms with Gasteiger partial charge >= 0.3 is 5.82 Å². The number of carbonyl (C=O) groups is 1. The molecule has 0 unspecified atom stereocenters. The molecule has 0 radical (unpaired) electrons. The lowest BCUT2D eigenvalue weighted by Crippen LogP contribution is -2.12. The van der Waals surface area contributed by atoms with Crippen LogP contribution in [0.4, 0.5) is 5.82 Å². The fourth-order valence-electron chi connectivity index (χ4n) is 1.23. The highest BCUT2D eigenvalue weighted by molar-refractivity contribution is 5.82. The van der Waals surface area contributed by atoms with Crippen LogP contribution < -0.4 is 0 Å². The number of aromatic nitrogens is 2. The Hall–Kier alpha value is -1.72. The average Bonchev–Trinajstić information content (AvgIpc) is 2.87. The number of Topliss-reactive ketones (excluding diaryl/α,β-unsaturated/α-hetero) is 1. The zero-order valence-electron chi connectivity index (χ0n) is 7.42. The van der Waals surface area contributed by atoms with E-state index in [-0.39, 0.29) is 24.1 Å². The van der Waals surface area contributed by atoms with Gasteiger partial charge in [0.15, 0.2) is 5.78 Å². The zero-order chi connectivity index (χ0) is 10.1. The Bertz CT molecular complexity index is 381. The number of ketones is 1. The minimum atomic E-state index is -0.571. The number of nitrogens with zero attached hydrogens (tertiary/aromatic N) is 3. The highest BCUT2D eigenvalue weighted by atomic mass is 16.6. The van der Waals surface area contributed by atoms with Gasteiger partial charge in [0.25, 0.3) is 0 Å². The van der Waals surface area contributed by atoms with Gasteiger partial charge in [-0.25, -0.2) is 0 Å². The summed E-state index contributed by atoms with van der Waals surface area (Å²) in [6, 6.07) is 1.29. The molecule has 0 bridgehead atoms. The van der Waals surface area contributed by atoms with Gasteiger partial charge in [-0.2, -0.15) is 4.68 Å². The van der Waals surface area contributed by atoms with E-state index in [0.717, 1.165) is 12.8 Å². The molecular weight excluding hydrogens is 186 g/mol. The van der Waals surface area contributed by atoms with Crippen LogP contribution in [0.15, 0.2) is 12.3 Å². The molecule has 0 N–H and O–H groups in total. The Labute approximate surface area is 79.7 Å². The van der Waals surface area contributed by atoms with Crippen molar-refractivity contribution in [3.63, 3.8) is 0 Å². The first kappa shape index (κ1) is 8.86. The van der Waals surface area contributed by atoms with Crippen molar-refractivity contribution in [2.75, 3.05) is 0 Å². The summed E-state index contributed by atoms with van der Waals surface area (Å²) in [6.45, 7) is 0.151. The maximum absolute atomic E-state index is 11.3. The summed E-state index contributed by atoms with van der Waals surface area (Å²) in [5.41, 5.74) is 0. The zero-order valence-corrected chi connectivity index (χ0v) is 7.42. The number of hydrogen-bond donors (Lipinski definition) is 0. The molecule has 0 aliphatic heterocycles. The molecule has 1 aliphatic rings. The Morgan fingerprint density at radius 3 is 2.93 bits per heavy atom. The minimum absolute atomic E-state index is 0.114. The summed E-state index contributed by atoms with van der Waals surface area (Å²) in [7, 11) is 0. The lowest BCUT2D eigenvalue weighted by molar-refractivity contribution is -0.389. The smallest absolute Gasteiger partial charge is 0.358 e. The van der Waals surface area contributed by atoms with Crippen LogP contribution in [0.1, 0.15) is 12.8 Å². The molecule has 1 heterocycles. The van der Waals surface area contributed by atoms with E-state index in [1.54, 1.807) is 0 Å². The molecule has 1 fully saturated rings. The van der Waals surface area contributed by atoms with Crippen LogP contribution in [0, 0.1) is 16.0 Å². The van der Waals surface area contributed by atoms with Gasteiger partial charge < -0.3 is 10.1 Å². The lowest BCUT2D eigenvalue weighted by atomic mass is 10.3. The molecule has 6 nitrogen and oxygen atoms in total. The normalized spacial score (nSPS) is 15.4. The van der Waals surface area contributed by atoms with Crippen molar-refractivity contribution in [3.05, 3.63) is 22.4 Å². The summed E-state index contributed by atoms with van der Waals surface area (Å²) >= 11 is 0. The highest BCUT2D eigenvalue weighted by Gasteiger charge is 2.30. The van der Waals surface area contributed by atoms with Gasteiger partial charge in [0.05, 0.1) is 17.4 Å². The Kier molecular flexibility index (Phi) is 2.03. The average molecular weight is 195 g/mol. The quantitative estimate of drug-likeness (QED) is 0.525. The van der Waals surface area contributed by atoms with Crippen LogP contribution in [0.5, 0.6) is 0 Å². The van der Waals surface area contributed by atoms with Crippen LogP contribution in [-0.4, -0.2) is 20.5 Å². The van der Waals surface area contributed by atoms with Crippen molar-refractivity contribution in [2.45, 2.75) is 19.4 Å². The summed E-state index contributed by atoms with van der Waals surface area (Å²) in [5, 5.41) is 13.9. The number of nitro groups is 1. The molecule has 0 saturated heterocycles. The van der Waals surface area contributed by atoms with Gasteiger partial charge in [-0.15, -0.1) is 0 Å². The Morgan fingerprint density at radius 2 is 2.43 bits per heavy atom. The molecule has 14 heavy (non-hydrogen) atoms. The van der Waals surface area contributed by atoms with Crippen molar-refractivity contribution in [3.8, 4) is 0 Å². The first-order chi connectivity index (χ1) is 6.66. The maximum atomic E-state index is 11.3. The topological polar surface area (TPSA) is 78.0 Å². The molecule has 1 saturated carbocycles. The predicted octanol–water partition coefficient (Wildman–Crippen LogP) is 0.770. The van der Waals surface area contributed by atoms with E-state index in [0.29, 0.717) is 0 Å². The Balaban J connectivity index is 2.02. The van der Waals surface area contributed by atoms with Crippen molar-refractivity contribution in [1.82, 2.24) is 9.78 Å². The third-order valence-electron chi connectivity index (χ3n) is 2.16. The van der Waals surface area contributed by atoms with E-state index in [9.17, 15) is 14.9 Å². The van der Waals surface area contributed by atoms with Crippen molar-refractivity contribution in [1.29, 1.82) is 0 Å². The van der Waals surface area contributed by atoms with Crippen LogP contribution in [0.3, 0.4) is 0 Å². The molecule has 0 spiro atoms. The third kappa shape index (κ3) is 1.78. The van der Waals surface area contributed by atoms with E-state index in [2.05, 4.69) is 5.10 Å². The number of carbonyl (C=O) groups excluding carboxylic acids is 1. The summed E-state index contributed by atoms with van der Waals surface area (Å²) < 4.78 is 1.32. The van der Waals surface area contributed by atoms with E-state index >= 15 is 0 Å². The lowest BCUT2D eigenvalue weighted by Gasteiger charge is -1.93. The van der Waals surface area contributed by atoms with Crippen LogP contribution in [0.2, 0.25) is 0 Å². The first-order valence-electron chi connectivity index (χ1n) is 4.37.